The Bertz CT molecular complexity index is 1080. The topological polar surface area (TPSA) is 97.3 Å². The zero-order valence-corrected chi connectivity index (χ0v) is 19.2. The van der Waals surface area contributed by atoms with Crippen LogP contribution in [-0.4, -0.2) is 49.8 Å². The SMILES string of the molecule is COC(OC)c1ccccc1C(O)C(O)CNC(=O)OCC1c2ccccc2-c2ccccc21. The van der Waals surface area contributed by atoms with Crippen molar-refractivity contribution in [1.82, 2.24) is 5.32 Å². The number of hydrogen-bond acceptors (Lipinski definition) is 6. The maximum atomic E-state index is 12.4. The Morgan fingerprint density at radius 3 is 1.97 bits per heavy atom. The van der Waals surface area contributed by atoms with Gasteiger partial charge in [0.15, 0.2) is 6.29 Å². The molecule has 0 aliphatic heterocycles. The van der Waals surface area contributed by atoms with Crippen molar-refractivity contribution in [2.75, 3.05) is 27.4 Å². The van der Waals surface area contributed by atoms with Crippen LogP contribution in [0.15, 0.2) is 72.8 Å². The highest BCUT2D eigenvalue weighted by Crippen LogP contribution is 2.44. The third-order valence-electron chi connectivity index (χ3n) is 6.16. The van der Waals surface area contributed by atoms with Gasteiger partial charge in [-0.1, -0.05) is 72.8 Å². The molecule has 0 saturated heterocycles. The smallest absolute Gasteiger partial charge is 0.407 e. The van der Waals surface area contributed by atoms with E-state index in [1.54, 1.807) is 24.3 Å². The normalized spacial score (nSPS) is 14.4. The van der Waals surface area contributed by atoms with Gasteiger partial charge in [-0.3, -0.25) is 0 Å². The van der Waals surface area contributed by atoms with E-state index in [1.807, 2.05) is 36.4 Å². The molecule has 1 amide bonds. The van der Waals surface area contributed by atoms with Crippen molar-refractivity contribution < 1.29 is 29.2 Å². The highest BCUT2D eigenvalue weighted by atomic mass is 16.7. The van der Waals surface area contributed by atoms with Gasteiger partial charge >= 0.3 is 6.09 Å². The van der Waals surface area contributed by atoms with Gasteiger partial charge < -0.3 is 29.7 Å². The fourth-order valence-electron chi connectivity index (χ4n) is 4.50. The van der Waals surface area contributed by atoms with E-state index in [2.05, 4.69) is 17.4 Å². The Labute approximate surface area is 198 Å². The van der Waals surface area contributed by atoms with Crippen LogP contribution in [0.5, 0.6) is 0 Å². The Balaban J connectivity index is 1.36. The molecule has 178 valence electrons. The number of carbonyl (C=O) groups is 1. The molecule has 0 fully saturated rings. The van der Waals surface area contributed by atoms with Gasteiger partial charge in [0, 0.05) is 32.2 Å². The molecular weight excluding hydrogens is 434 g/mol. The number of aliphatic hydroxyl groups is 2. The number of fused-ring (bicyclic) bond motifs is 3. The van der Waals surface area contributed by atoms with Crippen LogP contribution in [-0.2, 0) is 14.2 Å². The molecule has 3 aromatic carbocycles. The van der Waals surface area contributed by atoms with Crippen molar-refractivity contribution in [2.45, 2.75) is 24.4 Å². The molecule has 0 heterocycles. The van der Waals surface area contributed by atoms with Gasteiger partial charge in [0.05, 0.1) is 0 Å². The van der Waals surface area contributed by atoms with Gasteiger partial charge in [-0.25, -0.2) is 4.79 Å². The number of ether oxygens (including phenoxy) is 3. The molecule has 2 atom stereocenters. The highest BCUT2D eigenvalue weighted by Gasteiger charge is 2.29. The van der Waals surface area contributed by atoms with Crippen LogP contribution in [0, 0.1) is 0 Å². The van der Waals surface area contributed by atoms with Crippen LogP contribution in [0.3, 0.4) is 0 Å². The van der Waals surface area contributed by atoms with Crippen LogP contribution < -0.4 is 5.32 Å². The molecule has 0 bridgehead atoms. The summed E-state index contributed by atoms with van der Waals surface area (Å²) in [5.74, 6) is -0.0550. The maximum Gasteiger partial charge on any atom is 0.407 e. The first kappa shape index (κ1) is 23.9. The number of aliphatic hydroxyl groups excluding tert-OH is 2. The lowest BCUT2D eigenvalue weighted by Gasteiger charge is -2.24. The Morgan fingerprint density at radius 1 is 0.853 bits per heavy atom. The maximum absolute atomic E-state index is 12.4. The molecular formula is C27H29NO6. The molecule has 3 aromatic rings. The molecule has 1 aliphatic rings. The van der Waals surface area contributed by atoms with Gasteiger partial charge in [0.2, 0.25) is 0 Å². The first-order chi connectivity index (χ1) is 16.5. The predicted molar refractivity (Wildman–Crippen MR) is 127 cm³/mol. The molecule has 7 heteroatoms. The summed E-state index contributed by atoms with van der Waals surface area (Å²) in [6.07, 6.45) is -3.85. The summed E-state index contributed by atoms with van der Waals surface area (Å²) in [5, 5.41) is 23.7. The quantitative estimate of drug-likeness (QED) is 0.417. The summed E-state index contributed by atoms with van der Waals surface area (Å²) >= 11 is 0. The molecule has 1 aliphatic carbocycles. The van der Waals surface area contributed by atoms with Gasteiger partial charge in [-0.05, 0) is 27.8 Å². The number of amides is 1. The van der Waals surface area contributed by atoms with Crippen molar-refractivity contribution in [1.29, 1.82) is 0 Å². The van der Waals surface area contributed by atoms with Crippen molar-refractivity contribution in [3.05, 3.63) is 95.1 Å². The lowest BCUT2D eigenvalue weighted by molar-refractivity contribution is -0.108. The van der Waals surface area contributed by atoms with Crippen LogP contribution in [0.1, 0.15) is 40.6 Å². The van der Waals surface area contributed by atoms with Crippen LogP contribution in [0.4, 0.5) is 4.79 Å². The Kier molecular flexibility index (Phi) is 7.59. The van der Waals surface area contributed by atoms with E-state index >= 15 is 0 Å². The van der Waals surface area contributed by atoms with E-state index in [0.29, 0.717) is 11.1 Å². The fraction of sp³-hybridized carbons (Fsp3) is 0.296. The molecule has 0 spiro atoms. The number of carbonyl (C=O) groups excluding carboxylic acids is 1. The second kappa shape index (κ2) is 10.8. The summed E-state index contributed by atoms with van der Waals surface area (Å²) in [6, 6.07) is 23.2. The van der Waals surface area contributed by atoms with Gasteiger partial charge in [0.1, 0.15) is 18.8 Å². The van der Waals surface area contributed by atoms with E-state index in [0.717, 1.165) is 22.3 Å². The number of hydrogen-bond donors (Lipinski definition) is 3. The largest absolute Gasteiger partial charge is 0.449 e. The predicted octanol–water partition coefficient (Wildman–Crippen LogP) is 3.91. The minimum Gasteiger partial charge on any atom is -0.449 e. The van der Waals surface area contributed by atoms with E-state index in [1.165, 1.54) is 14.2 Å². The van der Waals surface area contributed by atoms with Gasteiger partial charge in [0.25, 0.3) is 0 Å². The number of alkyl carbamates (subject to hydrolysis) is 1. The minimum absolute atomic E-state index is 0.0550. The average Bonchev–Trinajstić information content (AvgIpc) is 3.20. The van der Waals surface area contributed by atoms with Crippen molar-refractivity contribution in [3.63, 3.8) is 0 Å². The fourth-order valence-corrected chi connectivity index (χ4v) is 4.50. The Morgan fingerprint density at radius 2 is 1.38 bits per heavy atom. The van der Waals surface area contributed by atoms with Crippen LogP contribution in [0.2, 0.25) is 0 Å². The number of rotatable bonds is 9. The molecule has 3 N–H and O–H groups in total. The second-order valence-electron chi connectivity index (χ2n) is 8.15. The number of methoxy groups -OCH3 is 2. The third-order valence-corrected chi connectivity index (χ3v) is 6.16. The van der Waals surface area contributed by atoms with Crippen molar-refractivity contribution in [2.24, 2.45) is 0 Å². The second-order valence-corrected chi connectivity index (χ2v) is 8.15. The molecule has 4 rings (SSSR count). The molecule has 0 radical (unpaired) electrons. The van der Waals surface area contributed by atoms with E-state index < -0.39 is 24.6 Å². The van der Waals surface area contributed by atoms with Crippen molar-refractivity contribution in [3.8, 4) is 11.1 Å². The molecule has 2 unspecified atom stereocenters. The first-order valence-corrected chi connectivity index (χ1v) is 11.1. The van der Waals surface area contributed by atoms with E-state index in [9.17, 15) is 15.0 Å². The summed E-state index contributed by atoms with van der Waals surface area (Å²) in [6.45, 7) is -0.0124. The van der Waals surface area contributed by atoms with Gasteiger partial charge in [-0.15, -0.1) is 0 Å². The summed E-state index contributed by atoms with van der Waals surface area (Å²) in [4.78, 5) is 12.4. The molecule has 7 nitrogen and oxygen atoms in total. The van der Waals surface area contributed by atoms with E-state index in [4.69, 9.17) is 14.2 Å². The van der Waals surface area contributed by atoms with Crippen LogP contribution >= 0.6 is 0 Å². The zero-order valence-electron chi connectivity index (χ0n) is 19.2. The summed E-state index contributed by atoms with van der Waals surface area (Å²) in [5.41, 5.74) is 5.59. The van der Waals surface area contributed by atoms with E-state index in [-0.39, 0.29) is 19.1 Å². The Hall–Kier alpha value is -3.23. The summed E-state index contributed by atoms with van der Waals surface area (Å²) < 4.78 is 16.0. The monoisotopic (exact) mass is 463 g/mol. The van der Waals surface area contributed by atoms with Gasteiger partial charge in [-0.2, -0.15) is 0 Å². The summed E-state index contributed by atoms with van der Waals surface area (Å²) in [7, 11) is 2.99. The molecule has 0 aromatic heterocycles. The third kappa shape index (κ3) is 4.83. The zero-order chi connectivity index (χ0) is 24.1. The van der Waals surface area contributed by atoms with Crippen molar-refractivity contribution >= 4 is 6.09 Å². The lowest BCUT2D eigenvalue weighted by atomic mass is 9.98. The lowest BCUT2D eigenvalue weighted by Crippen LogP contribution is -2.36. The first-order valence-electron chi connectivity index (χ1n) is 11.1. The number of nitrogens with one attached hydrogen (secondary N) is 1. The molecule has 34 heavy (non-hydrogen) atoms. The standard InChI is InChI=1S/C27H29NO6/c1-32-26(33-2)22-14-8-7-13-21(22)25(30)24(29)15-28-27(31)34-16-23-19-11-5-3-9-17(19)18-10-4-6-12-20(18)23/h3-14,23-26,29-30H,15-16H2,1-2H3,(H,28,31). The average molecular weight is 464 g/mol. The minimum atomic E-state index is -1.25. The number of benzene rings is 3. The van der Waals surface area contributed by atoms with Crippen LogP contribution in [0.25, 0.3) is 11.1 Å². The molecule has 0 saturated carbocycles. The highest BCUT2D eigenvalue weighted by molar-refractivity contribution is 5.79.